The monoisotopic (exact) mass is 289 g/mol. The Morgan fingerprint density at radius 3 is 2.57 bits per heavy atom. The van der Waals surface area contributed by atoms with Crippen LogP contribution in [-0.4, -0.2) is 57.3 Å². The summed E-state index contributed by atoms with van der Waals surface area (Å²) >= 11 is 0. The standard InChI is InChI=1S/C17H27N3O/c1-18-14-6-5-8-15(14)19-10-12-20(13-11-19)16-7-3-4-9-17(16)21-2/h3-4,7,9,14-15,18H,5-6,8,10-13H2,1-2H3. The van der Waals surface area contributed by atoms with Gasteiger partial charge in [0.15, 0.2) is 0 Å². The van der Waals surface area contributed by atoms with Crippen LogP contribution in [0, 0.1) is 0 Å². The number of hydrogen-bond donors (Lipinski definition) is 1. The van der Waals surface area contributed by atoms with Gasteiger partial charge in [-0.05, 0) is 32.0 Å². The lowest BCUT2D eigenvalue weighted by Gasteiger charge is -2.41. The third kappa shape index (κ3) is 3.01. The molecule has 4 heteroatoms. The van der Waals surface area contributed by atoms with E-state index in [-0.39, 0.29) is 0 Å². The highest BCUT2D eigenvalue weighted by molar-refractivity contribution is 5.58. The molecule has 0 radical (unpaired) electrons. The van der Waals surface area contributed by atoms with Crippen molar-refractivity contribution in [3.63, 3.8) is 0 Å². The van der Waals surface area contributed by atoms with Crippen LogP contribution in [0.15, 0.2) is 24.3 Å². The van der Waals surface area contributed by atoms with E-state index in [9.17, 15) is 0 Å². The van der Waals surface area contributed by atoms with Gasteiger partial charge in [-0.1, -0.05) is 18.6 Å². The van der Waals surface area contributed by atoms with Crippen LogP contribution in [0.5, 0.6) is 5.75 Å². The fourth-order valence-electron chi connectivity index (χ4n) is 3.90. The number of hydrogen-bond acceptors (Lipinski definition) is 4. The molecule has 21 heavy (non-hydrogen) atoms. The van der Waals surface area contributed by atoms with E-state index in [1.54, 1.807) is 7.11 Å². The largest absolute Gasteiger partial charge is 0.495 e. The summed E-state index contributed by atoms with van der Waals surface area (Å²) in [5.74, 6) is 0.986. The van der Waals surface area contributed by atoms with E-state index in [0.717, 1.165) is 38.0 Å². The van der Waals surface area contributed by atoms with Crippen molar-refractivity contribution in [2.24, 2.45) is 0 Å². The summed E-state index contributed by atoms with van der Waals surface area (Å²) in [6.45, 7) is 4.49. The zero-order valence-electron chi connectivity index (χ0n) is 13.2. The minimum atomic E-state index is 0.683. The van der Waals surface area contributed by atoms with Crippen molar-refractivity contribution in [1.82, 2.24) is 10.2 Å². The average molecular weight is 289 g/mol. The minimum absolute atomic E-state index is 0.683. The van der Waals surface area contributed by atoms with Crippen molar-refractivity contribution < 1.29 is 4.74 Å². The highest BCUT2D eigenvalue weighted by Gasteiger charge is 2.33. The van der Waals surface area contributed by atoms with Gasteiger partial charge in [0, 0.05) is 38.3 Å². The molecule has 1 aromatic carbocycles. The third-order valence-electron chi connectivity index (χ3n) is 5.06. The number of nitrogens with zero attached hydrogens (tertiary/aromatic N) is 2. The zero-order valence-corrected chi connectivity index (χ0v) is 13.2. The summed E-state index contributed by atoms with van der Waals surface area (Å²) in [4.78, 5) is 5.14. The van der Waals surface area contributed by atoms with Gasteiger partial charge in [0.05, 0.1) is 12.8 Å². The van der Waals surface area contributed by atoms with Crippen LogP contribution in [-0.2, 0) is 0 Å². The SMILES string of the molecule is CNC1CCCC1N1CCN(c2ccccc2OC)CC1. The number of ether oxygens (including phenoxy) is 1. The molecule has 2 unspecified atom stereocenters. The molecule has 1 saturated carbocycles. The molecular formula is C17H27N3O. The van der Waals surface area contributed by atoms with E-state index in [1.807, 2.05) is 6.07 Å². The van der Waals surface area contributed by atoms with Gasteiger partial charge in [-0.2, -0.15) is 0 Å². The zero-order chi connectivity index (χ0) is 14.7. The molecular weight excluding hydrogens is 262 g/mol. The smallest absolute Gasteiger partial charge is 0.142 e. The molecule has 0 spiro atoms. The summed E-state index contributed by atoms with van der Waals surface area (Å²) < 4.78 is 5.49. The Bertz CT molecular complexity index is 457. The van der Waals surface area contributed by atoms with Gasteiger partial charge in [-0.15, -0.1) is 0 Å². The van der Waals surface area contributed by atoms with Gasteiger partial charge in [-0.3, -0.25) is 4.90 Å². The van der Waals surface area contributed by atoms with Crippen molar-refractivity contribution >= 4 is 5.69 Å². The summed E-state index contributed by atoms with van der Waals surface area (Å²) in [6.07, 6.45) is 4.04. The summed E-state index contributed by atoms with van der Waals surface area (Å²) in [6, 6.07) is 9.76. The molecule has 2 fully saturated rings. The summed E-state index contributed by atoms with van der Waals surface area (Å²) in [7, 11) is 3.86. The Morgan fingerprint density at radius 2 is 1.86 bits per heavy atom. The van der Waals surface area contributed by atoms with E-state index in [2.05, 4.69) is 40.4 Å². The van der Waals surface area contributed by atoms with Gasteiger partial charge in [0.25, 0.3) is 0 Å². The summed E-state index contributed by atoms with van der Waals surface area (Å²) in [5.41, 5.74) is 1.23. The lowest BCUT2D eigenvalue weighted by Crippen LogP contribution is -2.54. The molecule has 0 amide bonds. The number of benzene rings is 1. The molecule has 0 bridgehead atoms. The molecule has 1 aliphatic heterocycles. The fourth-order valence-corrected chi connectivity index (χ4v) is 3.90. The molecule has 1 saturated heterocycles. The van der Waals surface area contributed by atoms with Crippen LogP contribution in [0.1, 0.15) is 19.3 Å². The number of rotatable bonds is 4. The predicted octanol–water partition coefficient (Wildman–Crippen LogP) is 1.96. The van der Waals surface area contributed by atoms with E-state index < -0.39 is 0 Å². The molecule has 2 atom stereocenters. The molecule has 1 aliphatic carbocycles. The van der Waals surface area contributed by atoms with Crippen LogP contribution in [0.25, 0.3) is 0 Å². The second kappa shape index (κ2) is 6.67. The molecule has 0 aromatic heterocycles. The topological polar surface area (TPSA) is 27.7 Å². The van der Waals surface area contributed by atoms with Crippen molar-refractivity contribution in [2.45, 2.75) is 31.3 Å². The minimum Gasteiger partial charge on any atom is -0.495 e. The molecule has 116 valence electrons. The number of likely N-dealkylation sites (N-methyl/N-ethyl adjacent to an activating group) is 1. The van der Waals surface area contributed by atoms with Crippen molar-refractivity contribution in [3.05, 3.63) is 24.3 Å². The van der Waals surface area contributed by atoms with Gasteiger partial charge in [0.1, 0.15) is 5.75 Å². The Hall–Kier alpha value is -1.26. The van der Waals surface area contributed by atoms with Crippen molar-refractivity contribution in [1.29, 1.82) is 0 Å². The lowest BCUT2D eigenvalue weighted by molar-refractivity contribution is 0.165. The number of para-hydroxylation sites is 2. The highest BCUT2D eigenvalue weighted by Crippen LogP contribution is 2.30. The number of nitrogens with one attached hydrogen (secondary N) is 1. The molecule has 1 heterocycles. The maximum absolute atomic E-state index is 5.49. The Balaban J connectivity index is 1.62. The molecule has 4 nitrogen and oxygen atoms in total. The van der Waals surface area contributed by atoms with Gasteiger partial charge in [0.2, 0.25) is 0 Å². The predicted molar refractivity (Wildman–Crippen MR) is 87.3 cm³/mol. The van der Waals surface area contributed by atoms with Crippen LogP contribution in [0.4, 0.5) is 5.69 Å². The molecule has 2 aliphatic rings. The van der Waals surface area contributed by atoms with Crippen molar-refractivity contribution in [3.8, 4) is 5.75 Å². The van der Waals surface area contributed by atoms with Crippen molar-refractivity contribution in [2.75, 3.05) is 45.2 Å². The third-order valence-corrected chi connectivity index (χ3v) is 5.06. The second-order valence-corrected chi connectivity index (χ2v) is 6.09. The lowest BCUT2D eigenvalue weighted by atomic mass is 10.1. The first-order valence-electron chi connectivity index (χ1n) is 8.12. The van der Waals surface area contributed by atoms with Crippen LogP contribution >= 0.6 is 0 Å². The molecule has 1 N–H and O–H groups in total. The Kier molecular flexibility index (Phi) is 4.66. The average Bonchev–Trinajstić information content (AvgIpc) is 3.03. The highest BCUT2D eigenvalue weighted by atomic mass is 16.5. The van der Waals surface area contributed by atoms with Crippen LogP contribution < -0.4 is 15.0 Å². The number of anilines is 1. The molecule has 3 rings (SSSR count). The first-order chi connectivity index (χ1) is 10.3. The van der Waals surface area contributed by atoms with Gasteiger partial charge >= 0.3 is 0 Å². The Morgan fingerprint density at radius 1 is 1.10 bits per heavy atom. The van der Waals surface area contributed by atoms with E-state index in [0.29, 0.717) is 6.04 Å². The fraction of sp³-hybridized carbons (Fsp3) is 0.647. The van der Waals surface area contributed by atoms with E-state index in [1.165, 1.54) is 24.9 Å². The normalized spacial score (nSPS) is 27.0. The Labute approximate surface area is 128 Å². The van der Waals surface area contributed by atoms with Gasteiger partial charge in [-0.25, -0.2) is 0 Å². The summed E-state index contributed by atoms with van der Waals surface area (Å²) in [5, 5.41) is 3.50. The van der Waals surface area contributed by atoms with E-state index in [4.69, 9.17) is 4.74 Å². The van der Waals surface area contributed by atoms with Gasteiger partial charge < -0.3 is 15.0 Å². The number of methoxy groups -OCH3 is 1. The first-order valence-corrected chi connectivity index (χ1v) is 8.12. The maximum Gasteiger partial charge on any atom is 0.142 e. The maximum atomic E-state index is 5.49. The number of piperazine rings is 1. The first kappa shape index (κ1) is 14.7. The quantitative estimate of drug-likeness (QED) is 0.917. The van der Waals surface area contributed by atoms with E-state index >= 15 is 0 Å². The van der Waals surface area contributed by atoms with Crippen LogP contribution in [0.3, 0.4) is 0 Å². The molecule has 1 aromatic rings. The second-order valence-electron chi connectivity index (χ2n) is 6.09. The van der Waals surface area contributed by atoms with Crippen LogP contribution in [0.2, 0.25) is 0 Å².